The van der Waals surface area contributed by atoms with Crippen LogP contribution in [0.4, 0.5) is 5.69 Å². The largest absolute Gasteiger partial charge is 0.376 e. The van der Waals surface area contributed by atoms with Gasteiger partial charge in [0.15, 0.2) is 0 Å². The van der Waals surface area contributed by atoms with Crippen LogP contribution in [0, 0.1) is 46.3 Å². The fourth-order valence-corrected chi connectivity index (χ4v) is 10.0. The van der Waals surface area contributed by atoms with Gasteiger partial charge in [0.2, 0.25) is 0 Å². The minimum absolute atomic E-state index is 0.451. The predicted molar refractivity (Wildman–Crippen MR) is 149 cm³/mol. The molecular formula is C33H51NO2. The molecule has 0 aromatic heterocycles. The average molecular weight is 494 g/mol. The van der Waals surface area contributed by atoms with E-state index in [0.29, 0.717) is 22.9 Å². The molecule has 4 aliphatic carbocycles. The molecule has 200 valence electrons. The van der Waals surface area contributed by atoms with Crippen molar-refractivity contribution >= 4 is 12.0 Å². The van der Waals surface area contributed by atoms with E-state index >= 15 is 0 Å². The van der Waals surface area contributed by atoms with Crippen LogP contribution in [0.2, 0.25) is 0 Å². The molecule has 0 aliphatic heterocycles. The van der Waals surface area contributed by atoms with Crippen molar-refractivity contribution in [2.24, 2.45) is 46.3 Å². The van der Waals surface area contributed by atoms with Crippen LogP contribution in [0.25, 0.3) is 0 Å². The van der Waals surface area contributed by atoms with Crippen LogP contribution in [0.15, 0.2) is 30.3 Å². The van der Waals surface area contributed by atoms with E-state index in [-0.39, 0.29) is 0 Å². The van der Waals surface area contributed by atoms with E-state index in [4.69, 9.17) is 4.74 Å². The van der Waals surface area contributed by atoms with Crippen molar-refractivity contribution in [1.29, 1.82) is 0 Å². The normalized spacial score (nSPS) is 40.6. The summed E-state index contributed by atoms with van der Waals surface area (Å²) in [5, 5.41) is 0. The summed E-state index contributed by atoms with van der Waals surface area (Å²) >= 11 is 0. The van der Waals surface area contributed by atoms with Crippen LogP contribution >= 0.6 is 0 Å². The standard InChI is InChI=1S/C33H51NO2/c1-24(9-8-21-35)29-14-15-30-28-13-12-25-23-27(36-22-20-34(4)26-10-6-5-7-11-26)16-18-32(25,2)31(28)17-19-33(29,30)3/h5-7,10-11,21,24-25,27-31H,8-9,12-20,22-23H2,1-4H3. The second-order valence-electron chi connectivity index (χ2n) is 13.6. The molecule has 0 saturated heterocycles. The first-order valence-corrected chi connectivity index (χ1v) is 15.2. The van der Waals surface area contributed by atoms with Crippen molar-refractivity contribution in [1.82, 2.24) is 0 Å². The van der Waals surface area contributed by atoms with Gasteiger partial charge in [-0.15, -0.1) is 0 Å². The lowest BCUT2D eigenvalue weighted by atomic mass is 9.44. The molecule has 4 aliphatic rings. The molecule has 0 amide bonds. The maximum absolute atomic E-state index is 11.0. The molecule has 3 nitrogen and oxygen atoms in total. The SMILES string of the molecule is CC(CCC=O)C1CCC2C3CCC4CC(OCCN(C)c5ccccc5)CCC4(C)C3CCC12C. The Morgan fingerprint density at radius 3 is 2.53 bits per heavy atom. The van der Waals surface area contributed by atoms with Crippen LogP contribution in [0.1, 0.15) is 91.4 Å². The van der Waals surface area contributed by atoms with E-state index in [9.17, 15) is 4.79 Å². The third-order valence-corrected chi connectivity index (χ3v) is 12.1. The van der Waals surface area contributed by atoms with E-state index in [0.717, 1.165) is 61.9 Å². The van der Waals surface area contributed by atoms with Crippen molar-refractivity contribution in [3.8, 4) is 0 Å². The number of aldehydes is 1. The van der Waals surface area contributed by atoms with Gasteiger partial charge in [-0.05, 0) is 123 Å². The van der Waals surface area contributed by atoms with Gasteiger partial charge in [-0.3, -0.25) is 0 Å². The predicted octanol–water partition coefficient (Wildman–Crippen LogP) is 7.78. The molecule has 3 heteroatoms. The highest BCUT2D eigenvalue weighted by Crippen LogP contribution is 2.68. The molecule has 0 spiro atoms. The fourth-order valence-electron chi connectivity index (χ4n) is 10.0. The summed E-state index contributed by atoms with van der Waals surface area (Å²) in [4.78, 5) is 13.3. The third-order valence-electron chi connectivity index (χ3n) is 12.1. The lowest BCUT2D eigenvalue weighted by Crippen LogP contribution is -2.54. The zero-order valence-corrected chi connectivity index (χ0v) is 23.5. The van der Waals surface area contributed by atoms with E-state index in [1.165, 1.54) is 63.5 Å². The molecule has 0 radical (unpaired) electrons. The van der Waals surface area contributed by atoms with Crippen molar-refractivity contribution in [2.75, 3.05) is 25.1 Å². The number of rotatable bonds is 9. The highest BCUT2D eigenvalue weighted by atomic mass is 16.5. The van der Waals surface area contributed by atoms with Gasteiger partial charge in [-0.2, -0.15) is 0 Å². The fraction of sp³-hybridized carbons (Fsp3) is 0.788. The first kappa shape index (κ1) is 26.3. The minimum atomic E-state index is 0.451. The topological polar surface area (TPSA) is 29.5 Å². The molecule has 4 saturated carbocycles. The maximum Gasteiger partial charge on any atom is 0.120 e. The van der Waals surface area contributed by atoms with Crippen LogP contribution in [0.5, 0.6) is 0 Å². The zero-order chi connectivity index (χ0) is 25.3. The Labute approximate surface area is 220 Å². The summed E-state index contributed by atoms with van der Waals surface area (Å²) in [6, 6.07) is 10.7. The molecule has 1 aromatic carbocycles. The van der Waals surface area contributed by atoms with Gasteiger partial charge in [-0.1, -0.05) is 39.0 Å². The Kier molecular flexibility index (Phi) is 7.87. The molecular weight excluding hydrogens is 442 g/mol. The lowest BCUT2D eigenvalue weighted by molar-refractivity contribution is -0.136. The summed E-state index contributed by atoms with van der Waals surface area (Å²) in [7, 11) is 2.17. The van der Waals surface area contributed by atoms with Crippen molar-refractivity contribution in [2.45, 2.75) is 97.5 Å². The van der Waals surface area contributed by atoms with Gasteiger partial charge < -0.3 is 14.4 Å². The second kappa shape index (κ2) is 10.8. The van der Waals surface area contributed by atoms with Crippen molar-refractivity contribution < 1.29 is 9.53 Å². The number of para-hydroxylation sites is 1. The van der Waals surface area contributed by atoms with Crippen LogP contribution in [-0.2, 0) is 9.53 Å². The third kappa shape index (κ3) is 4.79. The zero-order valence-electron chi connectivity index (χ0n) is 23.5. The van der Waals surface area contributed by atoms with Crippen LogP contribution in [-0.4, -0.2) is 32.6 Å². The maximum atomic E-state index is 11.0. The number of fused-ring (bicyclic) bond motifs is 5. The van der Waals surface area contributed by atoms with E-state index < -0.39 is 0 Å². The quantitative estimate of drug-likeness (QED) is 0.329. The lowest BCUT2D eigenvalue weighted by Gasteiger charge is -2.61. The Morgan fingerprint density at radius 2 is 1.75 bits per heavy atom. The van der Waals surface area contributed by atoms with Gasteiger partial charge in [0.1, 0.15) is 6.29 Å². The number of carbonyl (C=O) groups excluding carboxylic acids is 1. The highest BCUT2D eigenvalue weighted by Gasteiger charge is 2.60. The number of likely N-dealkylation sites (N-methyl/N-ethyl adjacent to an activating group) is 1. The molecule has 36 heavy (non-hydrogen) atoms. The number of anilines is 1. The molecule has 0 heterocycles. The highest BCUT2D eigenvalue weighted by molar-refractivity contribution is 5.49. The van der Waals surface area contributed by atoms with Crippen LogP contribution < -0.4 is 4.90 Å². The minimum Gasteiger partial charge on any atom is -0.376 e. The van der Waals surface area contributed by atoms with Crippen molar-refractivity contribution in [3.05, 3.63) is 30.3 Å². The van der Waals surface area contributed by atoms with Gasteiger partial charge in [-0.25, -0.2) is 0 Å². The average Bonchev–Trinajstić information content (AvgIpc) is 3.25. The summed E-state index contributed by atoms with van der Waals surface area (Å²) in [5.74, 6) is 5.14. The molecule has 9 unspecified atom stereocenters. The summed E-state index contributed by atoms with van der Waals surface area (Å²) in [6.45, 7) is 9.55. The van der Waals surface area contributed by atoms with Gasteiger partial charge >= 0.3 is 0 Å². The molecule has 0 bridgehead atoms. The summed E-state index contributed by atoms with van der Waals surface area (Å²) in [6.07, 6.45) is 15.9. The Balaban J connectivity index is 1.17. The molecule has 4 fully saturated rings. The monoisotopic (exact) mass is 493 g/mol. The summed E-state index contributed by atoms with van der Waals surface area (Å²) < 4.78 is 6.50. The van der Waals surface area contributed by atoms with Crippen LogP contribution in [0.3, 0.4) is 0 Å². The molecule has 0 N–H and O–H groups in total. The smallest absolute Gasteiger partial charge is 0.120 e. The van der Waals surface area contributed by atoms with E-state index in [1.807, 2.05) is 0 Å². The van der Waals surface area contributed by atoms with Gasteiger partial charge in [0.25, 0.3) is 0 Å². The molecule has 5 rings (SSSR count). The number of hydrogen-bond donors (Lipinski definition) is 0. The molecule has 9 atom stereocenters. The van der Waals surface area contributed by atoms with Gasteiger partial charge in [0.05, 0.1) is 12.7 Å². The van der Waals surface area contributed by atoms with Crippen molar-refractivity contribution in [3.63, 3.8) is 0 Å². The number of carbonyl (C=O) groups is 1. The number of hydrogen-bond acceptors (Lipinski definition) is 3. The summed E-state index contributed by atoms with van der Waals surface area (Å²) in [5.41, 5.74) is 2.30. The number of ether oxygens (including phenoxy) is 1. The Morgan fingerprint density at radius 1 is 1.00 bits per heavy atom. The van der Waals surface area contributed by atoms with E-state index in [2.05, 4.69) is 63.1 Å². The second-order valence-corrected chi connectivity index (χ2v) is 13.6. The number of nitrogens with zero attached hydrogens (tertiary/aromatic N) is 1. The van der Waals surface area contributed by atoms with E-state index in [1.54, 1.807) is 0 Å². The first-order chi connectivity index (χ1) is 17.4. The number of benzene rings is 1. The van der Waals surface area contributed by atoms with Gasteiger partial charge in [0, 0.05) is 25.7 Å². The first-order valence-electron chi connectivity index (χ1n) is 15.2. The Hall–Kier alpha value is -1.35. The Bertz CT molecular complexity index is 872. The molecule has 1 aromatic rings.